The molecular formula is C23H41N9O6. The second kappa shape index (κ2) is 17.8. The van der Waals surface area contributed by atoms with Crippen LogP contribution in [0, 0.1) is 0 Å². The van der Waals surface area contributed by atoms with Crippen LogP contribution in [0.5, 0.6) is 0 Å². The highest BCUT2D eigenvalue weighted by atomic mass is 16.4. The number of aliphatic carboxylic acids is 1. The monoisotopic (exact) mass is 539 g/mol. The zero-order chi connectivity index (χ0) is 28.5. The van der Waals surface area contributed by atoms with Gasteiger partial charge in [-0.25, -0.2) is 9.78 Å². The number of carboxylic acid groups (broad SMARTS) is 1. The van der Waals surface area contributed by atoms with Crippen molar-refractivity contribution in [1.82, 2.24) is 25.9 Å². The molecule has 0 aromatic carbocycles. The Hall–Kier alpha value is -3.56. The molecule has 0 saturated heterocycles. The van der Waals surface area contributed by atoms with Crippen LogP contribution < -0.4 is 38.9 Å². The molecule has 0 spiro atoms. The van der Waals surface area contributed by atoms with E-state index in [0.29, 0.717) is 44.5 Å². The number of hydrogen-bond donors (Lipinski definition) is 9. The van der Waals surface area contributed by atoms with Crippen molar-refractivity contribution in [2.75, 3.05) is 13.1 Å². The van der Waals surface area contributed by atoms with Crippen molar-refractivity contribution in [3.8, 4) is 0 Å². The van der Waals surface area contributed by atoms with Crippen molar-refractivity contribution in [2.24, 2.45) is 22.9 Å². The van der Waals surface area contributed by atoms with Gasteiger partial charge in [-0.05, 0) is 58.0 Å². The number of hydrogen-bond acceptors (Lipinski definition) is 9. The molecule has 0 radical (unpaired) electrons. The molecule has 4 amide bonds. The minimum Gasteiger partial charge on any atom is -0.480 e. The van der Waals surface area contributed by atoms with E-state index in [-0.39, 0.29) is 32.1 Å². The van der Waals surface area contributed by atoms with Gasteiger partial charge >= 0.3 is 5.97 Å². The van der Waals surface area contributed by atoms with Gasteiger partial charge in [-0.3, -0.25) is 19.2 Å². The fourth-order valence-electron chi connectivity index (χ4n) is 3.61. The Morgan fingerprint density at radius 1 is 0.842 bits per heavy atom. The number of aromatic nitrogens is 2. The van der Waals surface area contributed by atoms with E-state index in [9.17, 15) is 29.1 Å². The second-order valence-corrected chi connectivity index (χ2v) is 8.97. The molecule has 0 fully saturated rings. The lowest BCUT2D eigenvalue weighted by Gasteiger charge is -2.25. The van der Waals surface area contributed by atoms with Crippen LogP contribution >= 0.6 is 0 Å². The molecular weight excluding hydrogens is 498 g/mol. The highest BCUT2D eigenvalue weighted by Crippen LogP contribution is 2.07. The molecule has 0 aliphatic rings. The van der Waals surface area contributed by atoms with E-state index in [0.717, 1.165) is 0 Å². The predicted molar refractivity (Wildman–Crippen MR) is 138 cm³/mol. The fourth-order valence-corrected chi connectivity index (χ4v) is 3.61. The zero-order valence-electron chi connectivity index (χ0n) is 21.5. The summed E-state index contributed by atoms with van der Waals surface area (Å²) < 4.78 is 0. The average Bonchev–Trinajstić information content (AvgIpc) is 3.37. The van der Waals surface area contributed by atoms with Crippen molar-refractivity contribution in [3.63, 3.8) is 0 Å². The number of nitrogens with zero attached hydrogens (tertiary/aromatic N) is 1. The summed E-state index contributed by atoms with van der Waals surface area (Å²) in [5, 5.41) is 17.0. The van der Waals surface area contributed by atoms with Crippen molar-refractivity contribution in [1.29, 1.82) is 0 Å². The van der Waals surface area contributed by atoms with Gasteiger partial charge in [0, 0.05) is 19.0 Å². The van der Waals surface area contributed by atoms with Gasteiger partial charge in [0.05, 0.1) is 18.1 Å². The number of aromatic amines is 1. The van der Waals surface area contributed by atoms with Crippen molar-refractivity contribution in [3.05, 3.63) is 18.2 Å². The molecule has 1 rings (SSSR count). The van der Waals surface area contributed by atoms with E-state index < -0.39 is 53.8 Å². The molecule has 1 aromatic heterocycles. The molecule has 1 heterocycles. The van der Waals surface area contributed by atoms with E-state index in [1.165, 1.54) is 6.33 Å². The van der Waals surface area contributed by atoms with Gasteiger partial charge in [0.2, 0.25) is 23.6 Å². The number of carbonyl (C=O) groups is 5. The minimum atomic E-state index is -1.22. The number of amides is 4. The Labute approximate surface area is 221 Å². The summed E-state index contributed by atoms with van der Waals surface area (Å²) in [6, 6.07) is -4.51. The summed E-state index contributed by atoms with van der Waals surface area (Å²) in [4.78, 5) is 68.5. The fraction of sp³-hybridized carbons (Fsp3) is 0.652. The number of nitrogens with one attached hydrogen (secondary N) is 4. The van der Waals surface area contributed by atoms with E-state index >= 15 is 0 Å². The van der Waals surface area contributed by atoms with Crippen molar-refractivity contribution < 1.29 is 29.1 Å². The number of carbonyl (C=O) groups excluding carboxylic acids is 4. The van der Waals surface area contributed by atoms with Gasteiger partial charge in [0.25, 0.3) is 0 Å². The molecule has 38 heavy (non-hydrogen) atoms. The van der Waals surface area contributed by atoms with Gasteiger partial charge in [0.15, 0.2) is 0 Å². The predicted octanol–water partition coefficient (Wildman–Crippen LogP) is -2.66. The molecule has 0 bridgehead atoms. The first kappa shape index (κ1) is 32.5. The lowest BCUT2D eigenvalue weighted by molar-refractivity contribution is -0.142. The lowest BCUT2D eigenvalue weighted by Crippen LogP contribution is -2.57. The number of unbranched alkanes of at least 4 members (excludes halogenated alkanes) is 2. The molecule has 15 heteroatoms. The minimum absolute atomic E-state index is 0.102. The number of primary amides is 1. The number of nitrogens with two attached hydrogens (primary N) is 4. The topological polar surface area (TPSA) is 274 Å². The van der Waals surface area contributed by atoms with E-state index in [2.05, 4.69) is 25.9 Å². The molecule has 0 aliphatic heterocycles. The van der Waals surface area contributed by atoms with Crippen molar-refractivity contribution in [2.45, 2.75) is 82.0 Å². The van der Waals surface area contributed by atoms with Gasteiger partial charge in [-0.15, -0.1) is 0 Å². The SMILES string of the molecule is NCCCC[C@H](NC(=O)[C@H](CCCCN)NC(=O)[C@H](CCC(N)=O)NC(=O)[C@@H](N)Cc1c[nH]cn1)C(=O)O. The van der Waals surface area contributed by atoms with Gasteiger partial charge < -0.3 is 49.0 Å². The Morgan fingerprint density at radius 3 is 1.87 bits per heavy atom. The first-order valence-corrected chi connectivity index (χ1v) is 12.6. The van der Waals surface area contributed by atoms with E-state index in [1.807, 2.05) is 0 Å². The molecule has 0 saturated carbocycles. The van der Waals surface area contributed by atoms with Crippen LogP contribution in [-0.4, -0.2) is 81.9 Å². The third-order valence-corrected chi connectivity index (χ3v) is 5.77. The van der Waals surface area contributed by atoms with Crippen LogP contribution in [0.4, 0.5) is 0 Å². The Balaban J connectivity index is 2.96. The number of imidazole rings is 1. The molecule has 15 nitrogen and oxygen atoms in total. The third kappa shape index (κ3) is 12.6. The van der Waals surface area contributed by atoms with Crippen molar-refractivity contribution >= 4 is 29.6 Å². The largest absolute Gasteiger partial charge is 0.480 e. The summed E-state index contributed by atoms with van der Waals surface area (Å²) in [6.07, 6.45) is 5.28. The smallest absolute Gasteiger partial charge is 0.326 e. The van der Waals surface area contributed by atoms with E-state index in [4.69, 9.17) is 22.9 Å². The summed E-state index contributed by atoms with van der Waals surface area (Å²) in [5.74, 6) is -3.98. The van der Waals surface area contributed by atoms with Gasteiger partial charge in [0.1, 0.15) is 18.1 Å². The van der Waals surface area contributed by atoms with Crippen LogP contribution in [0.15, 0.2) is 12.5 Å². The first-order valence-electron chi connectivity index (χ1n) is 12.6. The van der Waals surface area contributed by atoms with Gasteiger partial charge in [-0.2, -0.15) is 0 Å². The highest BCUT2D eigenvalue weighted by Gasteiger charge is 2.30. The van der Waals surface area contributed by atoms with Crippen LogP contribution in [0.25, 0.3) is 0 Å². The quantitative estimate of drug-likeness (QED) is 0.0775. The Morgan fingerprint density at radius 2 is 1.37 bits per heavy atom. The summed E-state index contributed by atoms with van der Waals surface area (Å²) in [7, 11) is 0. The molecule has 214 valence electrons. The molecule has 0 aliphatic carbocycles. The maximum absolute atomic E-state index is 13.1. The molecule has 0 unspecified atom stereocenters. The zero-order valence-corrected chi connectivity index (χ0v) is 21.5. The summed E-state index contributed by atoms with van der Waals surface area (Å²) in [6.45, 7) is 0.756. The van der Waals surface area contributed by atoms with Crippen LogP contribution in [-0.2, 0) is 30.4 Å². The maximum Gasteiger partial charge on any atom is 0.326 e. The average molecular weight is 540 g/mol. The second-order valence-electron chi connectivity index (χ2n) is 8.97. The molecule has 13 N–H and O–H groups in total. The summed E-state index contributed by atoms with van der Waals surface area (Å²) in [5.41, 5.74) is 22.7. The molecule has 1 aromatic rings. The third-order valence-electron chi connectivity index (χ3n) is 5.77. The summed E-state index contributed by atoms with van der Waals surface area (Å²) >= 11 is 0. The molecule has 4 atom stereocenters. The highest BCUT2D eigenvalue weighted by molar-refractivity contribution is 5.94. The Bertz CT molecular complexity index is 896. The number of H-pyrrole nitrogens is 1. The standard InChI is InChI=1S/C23H41N9O6/c24-9-3-1-5-16(21(35)32-18(23(37)38)6-2-4-10-25)31-22(36)17(7-8-19(27)33)30-20(34)15(26)11-14-12-28-13-29-14/h12-13,15-18H,1-11,24-26H2,(H2,27,33)(H,28,29)(H,30,34)(H,31,36)(H,32,35)(H,37,38)/t15-,16-,17-,18-/m0/s1. The van der Waals surface area contributed by atoms with E-state index in [1.54, 1.807) is 6.20 Å². The first-order chi connectivity index (χ1) is 18.1. The number of carboxylic acids is 1. The van der Waals surface area contributed by atoms with Gasteiger partial charge in [-0.1, -0.05) is 0 Å². The number of rotatable bonds is 20. The lowest BCUT2D eigenvalue weighted by atomic mass is 10.0. The maximum atomic E-state index is 13.1. The normalized spacial score (nSPS) is 14.1. The van der Waals surface area contributed by atoms with Crippen LogP contribution in [0.3, 0.4) is 0 Å². The van der Waals surface area contributed by atoms with Crippen LogP contribution in [0.2, 0.25) is 0 Å². The Kier molecular flexibility index (Phi) is 15.2. The van der Waals surface area contributed by atoms with Crippen LogP contribution in [0.1, 0.15) is 57.1 Å².